The topological polar surface area (TPSA) is 54.9 Å². The molecule has 0 bridgehead atoms. The Hall–Kier alpha value is -1.59. The second-order valence-corrected chi connectivity index (χ2v) is 7.96. The fraction of sp³-hybridized carbons (Fsp3) is 0.667. The second-order valence-electron chi connectivity index (χ2n) is 7.96. The maximum atomic E-state index is 5.72. The van der Waals surface area contributed by atoms with Crippen LogP contribution in [0.4, 0.5) is 0 Å². The van der Waals surface area contributed by atoms with Crippen molar-refractivity contribution in [1.82, 2.24) is 10.6 Å². The summed E-state index contributed by atoms with van der Waals surface area (Å²) in [7, 11) is 1.80. The van der Waals surface area contributed by atoms with Gasteiger partial charge in [0.25, 0.3) is 0 Å². The predicted molar refractivity (Wildman–Crippen MR) is 108 cm³/mol. The van der Waals surface area contributed by atoms with Crippen LogP contribution in [0.5, 0.6) is 0 Å². The van der Waals surface area contributed by atoms with Gasteiger partial charge in [0.2, 0.25) is 0 Å². The van der Waals surface area contributed by atoms with Crippen LogP contribution in [0, 0.1) is 5.92 Å². The summed E-state index contributed by atoms with van der Waals surface area (Å²) in [5.41, 5.74) is 2.80. The highest BCUT2D eigenvalue weighted by Gasteiger charge is 2.15. The van der Waals surface area contributed by atoms with Crippen LogP contribution in [0.1, 0.15) is 44.7 Å². The van der Waals surface area contributed by atoms with Crippen molar-refractivity contribution >= 4 is 5.96 Å². The predicted octanol–water partition coefficient (Wildman–Crippen LogP) is 3.09. The summed E-state index contributed by atoms with van der Waals surface area (Å²) in [5, 5.41) is 6.70. The highest BCUT2D eigenvalue weighted by atomic mass is 16.5. The minimum atomic E-state index is 0.191. The molecule has 1 atom stereocenters. The first-order valence-electron chi connectivity index (χ1n) is 9.68. The highest BCUT2D eigenvalue weighted by Crippen LogP contribution is 2.22. The smallest absolute Gasteiger partial charge is 0.191 e. The van der Waals surface area contributed by atoms with E-state index in [2.05, 4.69) is 60.7 Å². The first-order chi connectivity index (χ1) is 12.5. The van der Waals surface area contributed by atoms with Crippen LogP contribution in [0.15, 0.2) is 29.3 Å². The molecule has 2 N–H and O–H groups in total. The van der Waals surface area contributed by atoms with E-state index in [-0.39, 0.29) is 5.41 Å². The van der Waals surface area contributed by atoms with Crippen LogP contribution in [0.3, 0.4) is 0 Å². The van der Waals surface area contributed by atoms with Crippen LogP contribution in [-0.4, -0.2) is 46.0 Å². The lowest BCUT2D eigenvalue weighted by Gasteiger charge is -2.19. The summed E-state index contributed by atoms with van der Waals surface area (Å²) in [6.07, 6.45) is 2.10. The molecule has 1 aromatic rings. The standard InChI is InChI=1S/C21H35N3O2/c1-21(2,3)19-8-6-17(7-9-19)14-24-20(22-4)23-11-5-12-25-15-18-10-13-26-16-18/h6-9,18H,5,10-16H2,1-4H3,(H2,22,23,24). The summed E-state index contributed by atoms with van der Waals surface area (Å²) in [6, 6.07) is 8.78. The summed E-state index contributed by atoms with van der Waals surface area (Å²) >= 11 is 0. The molecule has 26 heavy (non-hydrogen) atoms. The van der Waals surface area contributed by atoms with Gasteiger partial charge < -0.3 is 20.1 Å². The van der Waals surface area contributed by atoms with Gasteiger partial charge >= 0.3 is 0 Å². The zero-order chi connectivity index (χ0) is 18.8. The monoisotopic (exact) mass is 361 g/mol. The maximum Gasteiger partial charge on any atom is 0.191 e. The van der Waals surface area contributed by atoms with E-state index in [9.17, 15) is 0 Å². The Labute approximate surface area is 158 Å². The third-order valence-electron chi connectivity index (χ3n) is 4.64. The number of nitrogens with zero attached hydrogens (tertiary/aromatic N) is 1. The number of nitrogens with one attached hydrogen (secondary N) is 2. The number of hydrogen-bond donors (Lipinski definition) is 2. The third kappa shape index (κ3) is 7.34. The third-order valence-corrected chi connectivity index (χ3v) is 4.64. The van der Waals surface area contributed by atoms with Crippen LogP contribution < -0.4 is 10.6 Å². The molecule has 2 rings (SSSR count). The molecule has 146 valence electrons. The summed E-state index contributed by atoms with van der Waals surface area (Å²) in [6.45, 7) is 11.6. The van der Waals surface area contributed by atoms with Gasteiger partial charge in [-0.05, 0) is 29.4 Å². The van der Waals surface area contributed by atoms with Crippen molar-refractivity contribution in [2.45, 2.75) is 45.6 Å². The van der Waals surface area contributed by atoms with E-state index < -0.39 is 0 Å². The number of benzene rings is 1. The Kier molecular flexibility index (Phi) is 8.39. The molecule has 0 aliphatic carbocycles. The van der Waals surface area contributed by atoms with Crippen molar-refractivity contribution < 1.29 is 9.47 Å². The van der Waals surface area contributed by atoms with Crippen molar-refractivity contribution in [2.24, 2.45) is 10.9 Å². The average molecular weight is 362 g/mol. The van der Waals surface area contributed by atoms with E-state index in [4.69, 9.17) is 9.47 Å². The van der Waals surface area contributed by atoms with E-state index in [0.29, 0.717) is 5.92 Å². The minimum Gasteiger partial charge on any atom is -0.381 e. The zero-order valence-electron chi connectivity index (χ0n) is 16.8. The molecule has 1 aliphatic rings. The summed E-state index contributed by atoms with van der Waals surface area (Å²) in [4.78, 5) is 4.28. The molecule has 0 aromatic heterocycles. The second kappa shape index (κ2) is 10.5. The van der Waals surface area contributed by atoms with Gasteiger partial charge in [-0.15, -0.1) is 0 Å². The Morgan fingerprint density at radius 2 is 2.00 bits per heavy atom. The largest absolute Gasteiger partial charge is 0.381 e. The van der Waals surface area contributed by atoms with Crippen LogP contribution in [-0.2, 0) is 21.4 Å². The fourth-order valence-electron chi connectivity index (χ4n) is 2.87. The number of guanidine groups is 1. The van der Waals surface area contributed by atoms with E-state index in [0.717, 1.165) is 58.3 Å². The van der Waals surface area contributed by atoms with Crippen molar-refractivity contribution in [1.29, 1.82) is 0 Å². The van der Waals surface area contributed by atoms with Gasteiger partial charge in [-0.1, -0.05) is 45.0 Å². The molecule has 0 amide bonds. The highest BCUT2D eigenvalue weighted by molar-refractivity contribution is 5.79. The summed E-state index contributed by atoms with van der Waals surface area (Å²) < 4.78 is 11.1. The van der Waals surface area contributed by atoms with Gasteiger partial charge in [0.15, 0.2) is 5.96 Å². The molecule has 1 saturated heterocycles. The molecule has 1 aromatic carbocycles. The van der Waals surface area contributed by atoms with Crippen molar-refractivity contribution in [3.63, 3.8) is 0 Å². The van der Waals surface area contributed by atoms with Crippen molar-refractivity contribution in [3.05, 3.63) is 35.4 Å². The molecule has 1 aliphatic heterocycles. The van der Waals surface area contributed by atoms with Crippen LogP contribution in [0.25, 0.3) is 0 Å². The first-order valence-corrected chi connectivity index (χ1v) is 9.68. The maximum absolute atomic E-state index is 5.72. The molecular weight excluding hydrogens is 326 g/mol. The average Bonchev–Trinajstić information content (AvgIpc) is 3.13. The van der Waals surface area contributed by atoms with Crippen molar-refractivity contribution in [3.8, 4) is 0 Å². The molecule has 1 fully saturated rings. The van der Waals surface area contributed by atoms with E-state index in [1.165, 1.54) is 11.1 Å². The van der Waals surface area contributed by atoms with E-state index in [1.807, 2.05) is 0 Å². The molecule has 0 radical (unpaired) electrons. The van der Waals surface area contributed by atoms with Crippen molar-refractivity contribution in [2.75, 3.05) is 40.0 Å². The minimum absolute atomic E-state index is 0.191. The molecule has 0 saturated carbocycles. The molecule has 1 unspecified atom stereocenters. The van der Waals surface area contributed by atoms with Gasteiger partial charge in [0, 0.05) is 39.3 Å². The molecule has 5 nitrogen and oxygen atoms in total. The number of aliphatic imine (C=N–C) groups is 1. The van der Waals surface area contributed by atoms with Gasteiger partial charge in [-0.25, -0.2) is 0 Å². The molecule has 5 heteroatoms. The number of rotatable bonds is 8. The van der Waals surface area contributed by atoms with Gasteiger partial charge in [-0.2, -0.15) is 0 Å². The lowest BCUT2D eigenvalue weighted by molar-refractivity contribution is 0.0888. The number of ether oxygens (including phenoxy) is 2. The Bertz CT molecular complexity index is 543. The fourth-order valence-corrected chi connectivity index (χ4v) is 2.87. The Morgan fingerprint density at radius 1 is 1.23 bits per heavy atom. The first kappa shape index (κ1) is 20.7. The van der Waals surface area contributed by atoms with Gasteiger partial charge in [0.1, 0.15) is 0 Å². The van der Waals surface area contributed by atoms with Crippen LogP contribution in [0.2, 0.25) is 0 Å². The normalized spacial score (nSPS) is 18.2. The Morgan fingerprint density at radius 3 is 2.62 bits per heavy atom. The zero-order valence-corrected chi connectivity index (χ0v) is 16.8. The Balaban J connectivity index is 1.60. The van der Waals surface area contributed by atoms with E-state index >= 15 is 0 Å². The SMILES string of the molecule is CN=C(NCCCOCC1CCOC1)NCc1ccc(C(C)(C)C)cc1. The lowest BCUT2D eigenvalue weighted by Crippen LogP contribution is -2.37. The number of hydrogen-bond acceptors (Lipinski definition) is 3. The van der Waals surface area contributed by atoms with Gasteiger partial charge in [-0.3, -0.25) is 4.99 Å². The molecule has 1 heterocycles. The molecule has 0 spiro atoms. The van der Waals surface area contributed by atoms with Crippen LogP contribution >= 0.6 is 0 Å². The summed E-state index contributed by atoms with van der Waals surface area (Å²) in [5.74, 6) is 1.41. The van der Waals surface area contributed by atoms with Gasteiger partial charge in [0.05, 0.1) is 13.2 Å². The molecular formula is C21H35N3O2. The van der Waals surface area contributed by atoms with E-state index in [1.54, 1.807) is 7.05 Å². The lowest BCUT2D eigenvalue weighted by atomic mass is 9.87. The quantitative estimate of drug-likeness (QED) is 0.424.